The summed E-state index contributed by atoms with van der Waals surface area (Å²) in [6.07, 6.45) is 0. The highest BCUT2D eigenvalue weighted by Gasteiger charge is 2.29. The lowest BCUT2D eigenvalue weighted by Crippen LogP contribution is -2.36. The van der Waals surface area contributed by atoms with E-state index >= 15 is 0 Å². The zero-order valence-electron chi connectivity index (χ0n) is 11.6. The van der Waals surface area contributed by atoms with Crippen LogP contribution in [0.15, 0.2) is 48.5 Å². The van der Waals surface area contributed by atoms with E-state index in [9.17, 15) is 0 Å². The van der Waals surface area contributed by atoms with Crippen LogP contribution < -0.4 is 5.73 Å². The molecule has 0 spiro atoms. The van der Waals surface area contributed by atoms with Crippen LogP contribution >= 0.6 is 11.6 Å². The number of fused-ring (bicyclic) bond motifs is 1. The predicted molar refractivity (Wildman–Crippen MR) is 83.5 cm³/mol. The van der Waals surface area contributed by atoms with Crippen molar-refractivity contribution in [1.29, 1.82) is 0 Å². The van der Waals surface area contributed by atoms with Gasteiger partial charge >= 0.3 is 0 Å². The van der Waals surface area contributed by atoms with E-state index in [1.807, 2.05) is 12.1 Å². The number of nitrogens with zero attached hydrogens (tertiary/aromatic N) is 1. The van der Waals surface area contributed by atoms with Crippen LogP contribution in [0.5, 0.6) is 0 Å². The van der Waals surface area contributed by atoms with Crippen molar-refractivity contribution in [1.82, 2.24) is 4.90 Å². The fourth-order valence-electron chi connectivity index (χ4n) is 3.06. The third-order valence-corrected chi connectivity index (χ3v) is 4.22. The highest BCUT2D eigenvalue weighted by Crippen LogP contribution is 2.33. The van der Waals surface area contributed by atoms with Gasteiger partial charge in [0.05, 0.1) is 6.04 Å². The first-order chi connectivity index (χ1) is 9.65. The molecule has 2 atom stereocenters. The van der Waals surface area contributed by atoms with E-state index in [-0.39, 0.29) is 12.1 Å². The van der Waals surface area contributed by atoms with E-state index in [1.54, 1.807) is 0 Å². The van der Waals surface area contributed by atoms with E-state index in [2.05, 4.69) is 48.2 Å². The van der Waals surface area contributed by atoms with Gasteiger partial charge in [-0.05, 0) is 35.7 Å². The Bertz CT molecular complexity index is 567. The van der Waals surface area contributed by atoms with E-state index in [1.165, 1.54) is 16.7 Å². The first kappa shape index (κ1) is 13.6. The van der Waals surface area contributed by atoms with Gasteiger partial charge in [-0.25, -0.2) is 0 Å². The van der Waals surface area contributed by atoms with Gasteiger partial charge in [0.15, 0.2) is 0 Å². The summed E-state index contributed by atoms with van der Waals surface area (Å²) >= 11 is 5.98. The summed E-state index contributed by atoms with van der Waals surface area (Å²) in [6, 6.07) is 17.0. The summed E-state index contributed by atoms with van der Waals surface area (Å²) in [4.78, 5) is 2.44. The van der Waals surface area contributed by atoms with Gasteiger partial charge in [0.25, 0.3) is 0 Å². The maximum Gasteiger partial charge on any atom is 0.0503 e. The predicted octanol–water partition coefficient (Wildman–Crippen LogP) is 3.74. The molecule has 3 heteroatoms. The zero-order chi connectivity index (χ0) is 14.1. The molecule has 0 fully saturated rings. The molecule has 20 heavy (non-hydrogen) atoms. The van der Waals surface area contributed by atoms with E-state index in [4.69, 9.17) is 17.3 Å². The highest BCUT2D eigenvalue weighted by molar-refractivity contribution is 6.30. The maximum absolute atomic E-state index is 6.25. The Hall–Kier alpha value is -1.35. The van der Waals surface area contributed by atoms with Gasteiger partial charge < -0.3 is 5.73 Å². The van der Waals surface area contributed by atoms with E-state index in [0.717, 1.165) is 18.1 Å². The van der Waals surface area contributed by atoms with Gasteiger partial charge in [0, 0.05) is 24.2 Å². The minimum absolute atomic E-state index is 0.0745. The summed E-state index contributed by atoms with van der Waals surface area (Å²) < 4.78 is 0. The maximum atomic E-state index is 6.25. The topological polar surface area (TPSA) is 29.3 Å². The lowest BCUT2D eigenvalue weighted by atomic mass is 9.99. The second-order valence-electron chi connectivity index (χ2n) is 5.53. The molecule has 2 aromatic rings. The smallest absolute Gasteiger partial charge is 0.0503 e. The summed E-state index contributed by atoms with van der Waals surface area (Å²) in [7, 11) is 0. The summed E-state index contributed by atoms with van der Waals surface area (Å²) in [5, 5.41) is 0.766. The van der Waals surface area contributed by atoms with Crippen molar-refractivity contribution in [3.8, 4) is 0 Å². The molecule has 0 amide bonds. The average molecular weight is 287 g/mol. The Kier molecular flexibility index (Phi) is 3.79. The first-order valence-electron chi connectivity index (χ1n) is 6.97. The molecular weight excluding hydrogens is 268 g/mol. The Labute approximate surface area is 125 Å². The lowest BCUT2D eigenvalue weighted by molar-refractivity contribution is 0.178. The molecule has 2 nitrogen and oxygen atoms in total. The lowest BCUT2D eigenvalue weighted by Gasteiger charge is -2.31. The minimum atomic E-state index is 0.0745. The number of hydrogen-bond donors (Lipinski definition) is 1. The van der Waals surface area contributed by atoms with Gasteiger partial charge in [0.1, 0.15) is 0 Å². The Morgan fingerprint density at radius 1 is 1.00 bits per heavy atom. The van der Waals surface area contributed by atoms with Gasteiger partial charge in [-0.2, -0.15) is 0 Å². The molecule has 0 saturated carbocycles. The summed E-state index contributed by atoms with van der Waals surface area (Å²) in [5.41, 5.74) is 10.3. The monoisotopic (exact) mass is 286 g/mol. The van der Waals surface area contributed by atoms with Crippen LogP contribution in [0.3, 0.4) is 0 Å². The van der Waals surface area contributed by atoms with Crippen LogP contribution in [0.2, 0.25) is 5.02 Å². The normalized spacial score (nSPS) is 17.8. The summed E-state index contributed by atoms with van der Waals surface area (Å²) in [5.74, 6) is 0. The molecule has 2 aromatic carbocycles. The van der Waals surface area contributed by atoms with Crippen molar-refractivity contribution < 1.29 is 0 Å². The van der Waals surface area contributed by atoms with Crippen molar-refractivity contribution in [2.75, 3.05) is 0 Å². The van der Waals surface area contributed by atoms with E-state index in [0.29, 0.717) is 0 Å². The SMILES string of the molecule is CC(N)C(c1ccc(Cl)cc1)N1Cc2ccccc2C1. The second kappa shape index (κ2) is 5.57. The Morgan fingerprint density at radius 3 is 2.05 bits per heavy atom. The van der Waals surface area contributed by atoms with Crippen LogP contribution in [0.4, 0.5) is 0 Å². The Balaban J connectivity index is 1.88. The van der Waals surface area contributed by atoms with Crippen LogP contribution in [0.25, 0.3) is 0 Å². The van der Waals surface area contributed by atoms with Gasteiger partial charge in [-0.1, -0.05) is 48.0 Å². The number of halogens is 1. The van der Waals surface area contributed by atoms with Gasteiger partial charge in [-0.15, -0.1) is 0 Å². The zero-order valence-corrected chi connectivity index (χ0v) is 12.3. The van der Waals surface area contributed by atoms with Crippen LogP contribution in [0, 0.1) is 0 Å². The fourth-order valence-corrected chi connectivity index (χ4v) is 3.19. The molecule has 1 aliphatic rings. The van der Waals surface area contributed by atoms with Crippen molar-refractivity contribution in [3.05, 3.63) is 70.2 Å². The molecular formula is C17H19ClN2. The number of hydrogen-bond acceptors (Lipinski definition) is 2. The molecule has 0 aliphatic carbocycles. The van der Waals surface area contributed by atoms with E-state index < -0.39 is 0 Å². The number of rotatable bonds is 3. The van der Waals surface area contributed by atoms with Crippen LogP contribution in [-0.2, 0) is 13.1 Å². The van der Waals surface area contributed by atoms with Crippen LogP contribution in [0.1, 0.15) is 29.7 Å². The minimum Gasteiger partial charge on any atom is -0.326 e. The fraction of sp³-hybridized carbons (Fsp3) is 0.294. The average Bonchev–Trinajstić information content (AvgIpc) is 2.84. The molecule has 0 aromatic heterocycles. The number of benzene rings is 2. The third-order valence-electron chi connectivity index (χ3n) is 3.97. The second-order valence-corrected chi connectivity index (χ2v) is 5.97. The molecule has 0 bridgehead atoms. The largest absolute Gasteiger partial charge is 0.326 e. The molecule has 1 aliphatic heterocycles. The third kappa shape index (κ3) is 2.59. The van der Waals surface area contributed by atoms with Gasteiger partial charge in [-0.3, -0.25) is 4.90 Å². The molecule has 2 N–H and O–H groups in total. The molecule has 1 heterocycles. The van der Waals surface area contributed by atoms with Crippen molar-refractivity contribution in [2.45, 2.75) is 32.1 Å². The molecule has 0 radical (unpaired) electrons. The van der Waals surface area contributed by atoms with Crippen molar-refractivity contribution in [2.24, 2.45) is 5.73 Å². The number of nitrogens with two attached hydrogens (primary N) is 1. The van der Waals surface area contributed by atoms with Crippen molar-refractivity contribution in [3.63, 3.8) is 0 Å². The molecule has 2 unspecified atom stereocenters. The quantitative estimate of drug-likeness (QED) is 0.931. The standard InChI is InChI=1S/C17H19ClN2/c1-12(19)17(13-6-8-16(18)9-7-13)20-10-14-4-2-3-5-15(14)11-20/h2-9,12,17H,10-11,19H2,1H3. The van der Waals surface area contributed by atoms with Crippen molar-refractivity contribution >= 4 is 11.6 Å². The molecule has 3 rings (SSSR count). The Morgan fingerprint density at radius 2 is 1.55 bits per heavy atom. The molecule has 0 saturated heterocycles. The molecule has 104 valence electrons. The summed E-state index contributed by atoms with van der Waals surface area (Å²) in [6.45, 7) is 4.00. The van der Waals surface area contributed by atoms with Gasteiger partial charge in [0.2, 0.25) is 0 Å². The first-order valence-corrected chi connectivity index (χ1v) is 7.35. The van der Waals surface area contributed by atoms with Crippen LogP contribution in [-0.4, -0.2) is 10.9 Å². The highest BCUT2D eigenvalue weighted by atomic mass is 35.5.